The zero-order chi connectivity index (χ0) is 20.5. The molecule has 0 bridgehead atoms. The van der Waals surface area contributed by atoms with Crippen LogP contribution in [0.3, 0.4) is 0 Å². The quantitative estimate of drug-likeness (QED) is 0.413. The van der Waals surface area contributed by atoms with Gasteiger partial charge in [-0.2, -0.15) is 0 Å². The van der Waals surface area contributed by atoms with Crippen molar-refractivity contribution in [2.75, 3.05) is 7.05 Å². The summed E-state index contributed by atoms with van der Waals surface area (Å²) in [4.78, 5) is 22.9. The minimum Gasteiger partial charge on any atom is -0.457 e. The summed E-state index contributed by atoms with van der Waals surface area (Å²) in [5, 5.41) is 2.00. The van der Waals surface area contributed by atoms with Crippen molar-refractivity contribution < 1.29 is 9.21 Å². The summed E-state index contributed by atoms with van der Waals surface area (Å²) in [7, 11) is 1.66. The van der Waals surface area contributed by atoms with Crippen LogP contribution in [-0.2, 0) is 4.79 Å². The Kier molecular flexibility index (Phi) is 5.69. The number of hydrogen-bond acceptors (Lipinski definition) is 5. The number of carbonyl (C=O) groups is 1. The Morgan fingerprint density at radius 1 is 1.14 bits per heavy atom. The Hall–Kier alpha value is -2.25. The van der Waals surface area contributed by atoms with E-state index in [9.17, 15) is 4.79 Å². The summed E-state index contributed by atoms with van der Waals surface area (Å²) >= 11 is 19.6. The van der Waals surface area contributed by atoms with Crippen molar-refractivity contribution in [2.45, 2.75) is 0 Å². The number of amides is 1. The van der Waals surface area contributed by atoms with E-state index in [2.05, 4.69) is 9.98 Å². The molecule has 0 radical (unpaired) electrons. The van der Waals surface area contributed by atoms with Gasteiger partial charge in [-0.3, -0.25) is 14.7 Å². The summed E-state index contributed by atoms with van der Waals surface area (Å²) in [6.07, 6.45) is 4.77. The lowest BCUT2D eigenvalue weighted by Gasteiger charge is -2.07. The summed E-state index contributed by atoms with van der Waals surface area (Å²) in [5.74, 6) is 0.895. The molecule has 1 saturated heterocycles. The zero-order valence-electron chi connectivity index (χ0n) is 14.9. The molecule has 4 rings (SSSR count). The maximum absolute atomic E-state index is 12.6. The van der Waals surface area contributed by atoms with Gasteiger partial charge in [0.15, 0.2) is 5.17 Å². The second-order valence-electron chi connectivity index (χ2n) is 6.02. The summed E-state index contributed by atoms with van der Waals surface area (Å²) in [5.41, 5.74) is 1.22. The highest BCUT2D eigenvalue weighted by Crippen LogP contribution is 2.36. The average Bonchev–Trinajstić information content (AvgIpc) is 3.26. The van der Waals surface area contributed by atoms with Crippen LogP contribution in [0.25, 0.3) is 17.4 Å². The van der Waals surface area contributed by atoms with Crippen LogP contribution in [0.2, 0.25) is 15.1 Å². The normalized spacial score (nSPS) is 17.0. The van der Waals surface area contributed by atoms with E-state index in [1.165, 1.54) is 22.9 Å². The number of thioether (sulfide) groups is 1. The van der Waals surface area contributed by atoms with Crippen molar-refractivity contribution in [3.05, 3.63) is 74.5 Å². The minimum absolute atomic E-state index is 0.183. The molecule has 1 aliphatic rings. The SMILES string of the molecule is CN1C(=O)/C(=C\c2ccc(-c3cc(Cl)ccc3Cl)o2)SC1=Nc1ccncc1Cl. The van der Waals surface area contributed by atoms with Gasteiger partial charge in [0.25, 0.3) is 5.91 Å². The molecular weight excluding hydrogens is 453 g/mol. The van der Waals surface area contributed by atoms with Gasteiger partial charge in [-0.1, -0.05) is 34.8 Å². The maximum Gasteiger partial charge on any atom is 0.266 e. The fourth-order valence-electron chi connectivity index (χ4n) is 2.60. The number of furan rings is 1. The molecule has 0 unspecified atom stereocenters. The average molecular weight is 465 g/mol. The third-order valence-corrected chi connectivity index (χ3v) is 5.98. The Morgan fingerprint density at radius 3 is 2.76 bits per heavy atom. The van der Waals surface area contributed by atoms with Gasteiger partial charge in [-0.25, -0.2) is 4.99 Å². The van der Waals surface area contributed by atoms with Gasteiger partial charge < -0.3 is 4.42 Å². The molecule has 1 amide bonds. The van der Waals surface area contributed by atoms with E-state index in [0.717, 1.165) is 0 Å². The lowest BCUT2D eigenvalue weighted by Crippen LogP contribution is -2.23. The largest absolute Gasteiger partial charge is 0.457 e. The van der Waals surface area contributed by atoms with E-state index in [-0.39, 0.29) is 5.91 Å². The topological polar surface area (TPSA) is 58.7 Å². The summed E-state index contributed by atoms with van der Waals surface area (Å²) in [6.45, 7) is 0. The predicted octanol–water partition coefficient (Wildman–Crippen LogP) is 6.54. The monoisotopic (exact) mass is 463 g/mol. The van der Waals surface area contributed by atoms with Crippen molar-refractivity contribution in [2.24, 2.45) is 4.99 Å². The number of likely N-dealkylation sites (N-methyl/N-ethyl adjacent to an activating group) is 1. The van der Waals surface area contributed by atoms with Crippen molar-refractivity contribution in [3.63, 3.8) is 0 Å². The first-order valence-electron chi connectivity index (χ1n) is 8.33. The number of halogens is 3. The molecule has 29 heavy (non-hydrogen) atoms. The maximum atomic E-state index is 12.6. The molecule has 3 heterocycles. The van der Waals surface area contributed by atoms with Crippen LogP contribution < -0.4 is 0 Å². The third kappa shape index (κ3) is 4.21. The minimum atomic E-state index is -0.183. The number of hydrogen-bond donors (Lipinski definition) is 0. The van der Waals surface area contributed by atoms with Crippen LogP contribution in [0.1, 0.15) is 5.76 Å². The van der Waals surface area contributed by atoms with Gasteiger partial charge >= 0.3 is 0 Å². The molecule has 3 aromatic rings. The lowest BCUT2D eigenvalue weighted by molar-refractivity contribution is -0.121. The fraction of sp³-hybridized carbons (Fsp3) is 0.0500. The molecule has 0 aliphatic carbocycles. The molecule has 0 atom stereocenters. The van der Waals surface area contributed by atoms with Crippen LogP contribution in [0.5, 0.6) is 0 Å². The van der Waals surface area contributed by atoms with E-state index in [1.807, 2.05) is 0 Å². The molecule has 1 aromatic carbocycles. The molecule has 9 heteroatoms. The van der Waals surface area contributed by atoms with Gasteiger partial charge in [0.05, 0.1) is 20.6 Å². The molecule has 146 valence electrons. The highest BCUT2D eigenvalue weighted by Gasteiger charge is 2.31. The van der Waals surface area contributed by atoms with Gasteiger partial charge in [-0.05, 0) is 48.2 Å². The number of rotatable bonds is 3. The van der Waals surface area contributed by atoms with Gasteiger partial charge in [0.2, 0.25) is 0 Å². The first-order valence-corrected chi connectivity index (χ1v) is 10.3. The van der Waals surface area contributed by atoms with Crippen LogP contribution >= 0.6 is 46.6 Å². The van der Waals surface area contributed by atoms with Crippen LogP contribution in [0.15, 0.2) is 63.1 Å². The molecule has 0 saturated carbocycles. The molecule has 0 N–H and O–H groups in total. The Labute approximate surface area is 186 Å². The lowest BCUT2D eigenvalue weighted by atomic mass is 10.2. The van der Waals surface area contributed by atoms with Crippen LogP contribution in [0, 0.1) is 0 Å². The van der Waals surface area contributed by atoms with Crippen LogP contribution in [0.4, 0.5) is 5.69 Å². The van der Waals surface area contributed by atoms with Crippen molar-refractivity contribution in [3.8, 4) is 11.3 Å². The van der Waals surface area contributed by atoms with Gasteiger partial charge in [0, 0.05) is 36.1 Å². The van der Waals surface area contributed by atoms with Crippen LogP contribution in [-0.4, -0.2) is 28.0 Å². The molecule has 5 nitrogen and oxygen atoms in total. The second-order valence-corrected chi connectivity index (χ2v) is 8.28. The number of pyridine rings is 1. The predicted molar refractivity (Wildman–Crippen MR) is 119 cm³/mol. The highest BCUT2D eigenvalue weighted by molar-refractivity contribution is 8.18. The molecule has 2 aromatic heterocycles. The molecule has 1 aliphatic heterocycles. The second kappa shape index (κ2) is 8.24. The first kappa shape index (κ1) is 20.0. The molecule has 0 spiro atoms. The number of amidine groups is 1. The van der Waals surface area contributed by atoms with Crippen molar-refractivity contribution in [1.29, 1.82) is 0 Å². The summed E-state index contributed by atoms with van der Waals surface area (Å²) < 4.78 is 5.85. The fourth-order valence-corrected chi connectivity index (χ4v) is 4.11. The molecule has 1 fully saturated rings. The zero-order valence-corrected chi connectivity index (χ0v) is 18.0. The van der Waals surface area contributed by atoms with Crippen molar-refractivity contribution >= 4 is 69.4 Å². The first-order chi connectivity index (χ1) is 13.9. The van der Waals surface area contributed by atoms with E-state index < -0.39 is 0 Å². The number of aliphatic imine (C=N–C) groups is 1. The van der Waals surface area contributed by atoms with E-state index in [4.69, 9.17) is 39.2 Å². The number of aromatic nitrogens is 1. The van der Waals surface area contributed by atoms with Crippen molar-refractivity contribution in [1.82, 2.24) is 9.88 Å². The number of benzene rings is 1. The number of carbonyl (C=O) groups excluding carboxylic acids is 1. The van der Waals surface area contributed by atoms with Gasteiger partial charge in [0.1, 0.15) is 11.5 Å². The highest BCUT2D eigenvalue weighted by atomic mass is 35.5. The smallest absolute Gasteiger partial charge is 0.266 e. The third-order valence-electron chi connectivity index (χ3n) is 4.06. The summed E-state index contributed by atoms with van der Waals surface area (Å²) in [6, 6.07) is 10.4. The Morgan fingerprint density at radius 2 is 1.97 bits per heavy atom. The van der Waals surface area contributed by atoms with Gasteiger partial charge in [-0.15, -0.1) is 0 Å². The molecular formula is C20H12Cl3N3O2S. The standard InChI is InChI=1S/C20H12Cl3N3O2S/c1-26-19(27)18(29-20(26)25-16-6-7-24-10-15(16)23)9-12-3-5-17(28-12)13-8-11(21)2-4-14(13)22/h2-10H,1H3/b18-9+,25-20?. The Balaban J connectivity index is 1.62. The van der Waals surface area contributed by atoms with E-state index >= 15 is 0 Å². The Bertz CT molecular complexity index is 1170. The van der Waals surface area contributed by atoms with E-state index in [0.29, 0.717) is 47.9 Å². The number of nitrogens with zero attached hydrogens (tertiary/aromatic N) is 3. The van der Waals surface area contributed by atoms with E-state index in [1.54, 1.807) is 55.7 Å².